The van der Waals surface area contributed by atoms with Crippen LogP contribution in [0.4, 0.5) is 0 Å². The maximum Gasteiger partial charge on any atom is 0.343 e. The van der Waals surface area contributed by atoms with Crippen molar-refractivity contribution >= 4 is 11.8 Å². The smallest absolute Gasteiger partial charge is 0.343 e. The van der Waals surface area contributed by atoms with Gasteiger partial charge < -0.3 is 9.47 Å². The van der Waals surface area contributed by atoms with E-state index >= 15 is 0 Å². The molecular formula is C20H22O4. The van der Waals surface area contributed by atoms with Crippen LogP contribution in [0.25, 0.3) is 0 Å². The molecule has 0 amide bonds. The zero-order valence-electron chi connectivity index (χ0n) is 14.7. The normalized spacial score (nSPS) is 11.0. The van der Waals surface area contributed by atoms with E-state index in [1.807, 2.05) is 12.1 Å². The lowest BCUT2D eigenvalue weighted by atomic mass is 9.87. The molecule has 0 bridgehead atoms. The summed E-state index contributed by atoms with van der Waals surface area (Å²) in [5, 5.41) is 0. The van der Waals surface area contributed by atoms with Gasteiger partial charge in [0.15, 0.2) is 17.3 Å². The topological polar surface area (TPSA) is 52.6 Å². The molecule has 2 aromatic rings. The molecule has 0 aliphatic heterocycles. The number of Topliss-reactive ketones (excluding diaryl/α,β-unsaturated/α-hetero) is 1. The Morgan fingerprint density at radius 3 is 1.96 bits per heavy atom. The summed E-state index contributed by atoms with van der Waals surface area (Å²) in [5.41, 5.74) is 2.12. The highest BCUT2D eigenvalue weighted by atomic mass is 16.6. The summed E-state index contributed by atoms with van der Waals surface area (Å²) < 4.78 is 10.6. The third-order valence-corrected chi connectivity index (χ3v) is 3.76. The van der Waals surface area contributed by atoms with Gasteiger partial charge in [0.25, 0.3) is 0 Å². The lowest BCUT2D eigenvalue weighted by Crippen LogP contribution is -2.13. The Morgan fingerprint density at radius 1 is 0.875 bits per heavy atom. The van der Waals surface area contributed by atoms with Crippen molar-refractivity contribution in [3.8, 4) is 11.5 Å². The minimum absolute atomic E-state index is 0.0220. The van der Waals surface area contributed by atoms with Gasteiger partial charge in [-0.1, -0.05) is 32.9 Å². The summed E-state index contributed by atoms with van der Waals surface area (Å²) in [5.74, 6) is 0.0861. The molecule has 0 saturated heterocycles. The molecule has 0 atom stereocenters. The van der Waals surface area contributed by atoms with E-state index in [-0.39, 0.29) is 16.9 Å². The number of carbonyl (C=O) groups is 2. The molecule has 0 N–H and O–H groups in total. The van der Waals surface area contributed by atoms with Crippen molar-refractivity contribution in [3.63, 3.8) is 0 Å². The van der Waals surface area contributed by atoms with Crippen LogP contribution >= 0.6 is 0 Å². The first-order valence-electron chi connectivity index (χ1n) is 7.74. The highest BCUT2D eigenvalue weighted by Crippen LogP contribution is 2.29. The second kappa shape index (κ2) is 6.87. The lowest BCUT2D eigenvalue weighted by Gasteiger charge is -2.19. The van der Waals surface area contributed by atoms with Crippen molar-refractivity contribution in [3.05, 3.63) is 59.2 Å². The quantitative estimate of drug-likeness (QED) is 0.474. The molecule has 126 valence electrons. The molecule has 0 unspecified atom stereocenters. The van der Waals surface area contributed by atoms with Crippen molar-refractivity contribution in [2.75, 3.05) is 7.11 Å². The van der Waals surface area contributed by atoms with Gasteiger partial charge in [-0.25, -0.2) is 4.79 Å². The molecule has 4 heteroatoms. The van der Waals surface area contributed by atoms with E-state index in [4.69, 9.17) is 9.47 Å². The van der Waals surface area contributed by atoms with Gasteiger partial charge in [0.2, 0.25) is 0 Å². The van der Waals surface area contributed by atoms with E-state index in [0.717, 1.165) is 5.56 Å². The molecular weight excluding hydrogens is 304 g/mol. The van der Waals surface area contributed by atoms with Crippen molar-refractivity contribution in [1.82, 2.24) is 0 Å². The Morgan fingerprint density at radius 2 is 1.46 bits per heavy atom. The van der Waals surface area contributed by atoms with E-state index in [2.05, 4.69) is 20.8 Å². The fourth-order valence-corrected chi connectivity index (χ4v) is 2.24. The Kier molecular flexibility index (Phi) is 5.07. The Labute approximate surface area is 142 Å². The van der Waals surface area contributed by atoms with Gasteiger partial charge in [0, 0.05) is 5.56 Å². The van der Waals surface area contributed by atoms with Crippen LogP contribution in [-0.2, 0) is 5.41 Å². The van der Waals surface area contributed by atoms with E-state index in [9.17, 15) is 9.59 Å². The number of esters is 1. The van der Waals surface area contributed by atoms with Crippen LogP contribution in [0.1, 0.15) is 54.0 Å². The zero-order valence-corrected chi connectivity index (χ0v) is 14.7. The molecule has 2 rings (SSSR count). The average molecular weight is 326 g/mol. The van der Waals surface area contributed by atoms with Crippen LogP contribution < -0.4 is 9.47 Å². The standard InChI is InChI=1S/C20H22O4/c1-13(21)15-8-11-17(18(12-15)23-5)24-19(22)14-6-9-16(10-7-14)20(2,3)4/h6-12H,1-5H3. The van der Waals surface area contributed by atoms with Crippen molar-refractivity contribution in [2.45, 2.75) is 33.1 Å². The summed E-state index contributed by atoms with van der Waals surface area (Å²) in [6.07, 6.45) is 0. The molecule has 0 fully saturated rings. The Bertz CT molecular complexity index is 752. The Balaban J connectivity index is 2.22. The second-order valence-electron chi connectivity index (χ2n) is 6.64. The zero-order chi connectivity index (χ0) is 17.9. The molecule has 4 nitrogen and oxygen atoms in total. The number of hydrogen-bond acceptors (Lipinski definition) is 4. The molecule has 0 aliphatic carbocycles. The minimum Gasteiger partial charge on any atom is -0.493 e. The molecule has 0 spiro atoms. The predicted molar refractivity (Wildman–Crippen MR) is 93.1 cm³/mol. The number of ketones is 1. The van der Waals surface area contributed by atoms with Gasteiger partial charge in [-0.15, -0.1) is 0 Å². The number of methoxy groups -OCH3 is 1. The van der Waals surface area contributed by atoms with Gasteiger partial charge in [0.1, 0.15) is 0 Å². The summed E-state index contributed by atoms with van der Waals surface area (Å²) >= 11 is 0. The summed E-state index contributed by atoms with van der Waals surface area (Å²) in [7, 11) is 1.47. The number of carbonyl (C=O) groups excluding carboxylic acids is 2. The fourth-order valence-electron chi connectivity index (χ4n) is 2.24. The van der Waals surface area contributed by atoms with Gasteiger partial charge >= 0.3 is 5.97 Å². The highest BCUT2D eigenvalue weighted by molar-refractivity contribution is 5.95. The monoisotopic (exact) mass is 326 g/mol. The van der Waals surface area contributed by atoms with E-state index in [1.54, 1.807) is 30.3 Å². The van der Waals surface area contributed by atoms with Crippen LogP contribution in [0.5, 0.6) is 11.5 Å². The maximum atomic E-state index is 12.3. The van der Waals surface area contributed by atoms with E-state index in [0.29, 0.717) is 16.9 Å². The number of ether oxygens (including phenoxy) is 2. The molecule has 0 saturated carbocycles. The van der Waals surface area contributed by atoms with E-state index in [1.165, 1.54) is 14.0 Å². The number of rotatable bonds is 4. The molecule has 0 heterocycles. The van der Waals surface area contributed by atoms with Crippen LogP contribution in [0.15, 0.2) is 42.5 Å². The van der Waals surface area contributed by atoms with Gasteiger partial charge in [-0.3, -0.25) is 4.79 Å². The number of hydrogen-bond donors (Lipinski definition) is 0. The maximum absolute atomic E-state index is 12.3. The molecule has 0 aromatic heterocycles. The summed E-state index contributed by atoms with van der Waals surface area (Å²) in [4.78, 5) is 23.7. The van der Waals surface area contributed by atoms with Crippen molar-refractivity contribution in [2.24, 2.45) is 0 Å². The highest BCUT2D eigenvalue weighted by Gasteiger charge is 2.17. The minimum atomic E-state index is -0.468. The SMILES string of the molecule is COc1cc(C(C)=O)ccc1OC(=O)c1ccc(C(C)(C)C)cc1. The molecule has 24 heavy (non-hydrogen) atoms. The van der Waals surface area contributed by atoms with Crippen molar-refractivity contribution < 1.29 is 19.1 Å². The summed E-state index contributed by atoms with van der Waals surface area (Å²) in [6, 6.07) is 12.1. The molecule has 0 radical (unpaired) electrons. The van der Waals surface area contributed by atoms with Crippen LogP contribution in [0.2, 0.25) is 0 Å². The summed E-state index contributed by atoms with van der Waals surface area (Å²) in [6.45, 7) is 7.81. The Hall–Kier alpha value is -2.62. The average Bonchev–Trinajstić information content (AvgIpc) is 2.54. The van der Waals surface area contributed by atoms with Crippen LogP contribution in [0, 0.1) is 0 Å². The third-order valence-electron chi connectivity index (χ3n) is 3.76. The fraction of sp³-hybridized carbons (Fsp3) is 0.300. The lowest BCUT2D eigenvalue weighted by molar-refractivity contribution is 0.0729. The molecule has 0 aliphatic rings. The second-order valence-corrected chi connectivity index (χ2v) is 6.64. The van der Waals surface area contributed by atoms with Crippen LogP contribution in [0.3, 0.4) is 0 Å². The van der Waals surface area contributed by atoms with Crippen LogP contribution in [-0.4, -0.2) is 18.9 Å². The molecule has 2 aromatic carbocycles. The third kappa shape index (κ3) is 4.02. The first-order chi connectivity index (χ1) is 11.2. The first kappa shape index (κ1) is 17.7. The van der Waals surface area contributed by atoms with Crippen molar-refractivity contribution in [1.29, 1.82) is 0 Å². The van der Waals surface area contributed by atoms with Gasteiger partial charge in [0.05, 0.1) is 12.7 Å². The first-order valence-corrected chi connectivity index (χ1v) is 7.74. The largest absolute Gasteiger partial charge is 0.493 e. The van der Waals surface area contributed by atoms with Gasteiger partial charge in [-0.2, -0.15) is 0 Å². The predicted octanol–water partition coefficient (Wildman–Crippen LogP) is 4.41. The van der Waals surface area contributed by atoms with Gasteiger partial charge in [-0.05, 0) is 48.2 Å². The number of benzene rings is 2. The van der Waals surface area contributed by atoms with E-state index < -0.39 is 5.97 Å².